The van der Waals surface area contributed by atoms with Crippen LogP contribution in [0.15, 0.2) is 24.3 Å². The molecular weight excluding hydrogens is 246 g/mol. The van der Waals surface area contributed by atoms with Gasteiger partial charge in [-0.1, -0.05) is 18.0 Å². The zero-order chi connectivity index (χ0) is 13.0. The minimum absolute atomic E-state index is 0.683. The summed E-state index contributed by atoms with van der Waals surface area (Å²) in [6, 6.07) is 8.94. The topological polar surface area (TPSA) is 12.5 Å². The molecule has 0 bridgehead atoms. The molecule has 0 aromatic heterocycles. The van der Waals surface area contributed by atoms with E-state index in [0.29, 0.717) is 12.1 Å². The van der Waals surface area contributed by atoms with Crippen molar-refractivity contribution in [2.45, 2.75) is 45.2 Å². The van der Waals surface area contributed by atoms with E-state index in [-0.39, 0.29) is 0 Å². The van der Waals surface area contributed by atoms with Gasteiger partial charge >= 0.3 is 0 Å². The Balaban J connectivity index is 1.79. The van der Waals surface area contributed by atoms with E-state index in [4.69, 9.17) is 16.3 Å². The lowest BCUT2D eigenvalue weighted by Gasteiger charge is -2.38. The van der Waals surface area contributed by atoms with E-state index < -0.39 is 0 Å². The van der Waals surface area contributed by atoms with Crippen LogP contribution in [0.5, 0.6) is 5.75 Å². The molecule has 0 N–H and O–H groups in total. The fourth-order valence-electron chi connectivity index (χ4n) is 2.72. The van der Waals surface area contributed by atoms with Crippen LogP contribution in [-0.4, -0.2) is 30.1 Å². The largest absolute Gasteiger partial charge is 0.492 e. The molecule has 0 saturated carbocycles. The number of benzene rings is 1. The fourth-order valence-corrected chi connectivity index (χ4v) is 2.84. The van der Waals surface area contributed by atoms with E-state index in [9.17, 15) is 0 Å². The molecular formula is C15H22ClNO. The molecule has 1 aromatic carbocycles. The molecule has 0 unspecified atom stereocenters. The maximum Gasteiger partial charge on any atom is 0.119 e. The Hall–Kier alpha value is -0.730. The molecule has 2 atom stereocenters. The van der Waals surface area contributed by atoms with E-state index in [1.165, 1.54) is 19.3 Å². The Bertz CT molecular complexity index is 355. The number of halogens is 1. The molecule has 0 aliphatic carbocycles. The molecule has 3 heteroatoms. The Morgan fingerprint density at radius 3 is 2.39 bits per heavy atom. The molecule has 2 rings (SSSR count). The first-order valence-corrected chi connectivity index (χ1v) is 7.18. The standard InChI is InChI=1S/C15H22ClNO/c1-12-4-3-5-13(2)17(12)10-11-18-15-8-6-14(16)7-9-15/h6-9,12-13H,3-5,10-11H2,1-2H3/t12-,13+. The number of likely N-dealkylation sites (tertiary alicyclic amines) is 1. The summed E-state index contributed by atoms with van der Waals surface area (Å²) in [6.07, 6.45) is 3.98. The van der Waals surface area contributed by atoms with Crippen LogP contribution >= 0.6 is 11.6 Å². The van der Waals surface area contributed by atoms with Crippen molar-refractivity contribution >= 4 is 11.6 Å². The number of ether oxygens (including phenoxy) is 1. The number of hydrogen-bond acceptors (Lipinski definition) is 2. The second kappa shape index (κ2) is 6.44. The van der Waals surface area contributed by atoms with Crippen LogP contribution in [0, 0.1) is 0 Å². The molecule has 1 aliphatic rings. The van der Waals surface area contributed by atoms with Crippen LogP contribution in [0.1, 0.15) is 33.1 Å². The van der Waals surface area contributed by atoms with Gasteiger partial charge in [-0.15, -0.1) is 0 Å². The van der Waals surface area contributed by atoms with Crippen molar-refractivity contribution < 1.29 is 4.74 Å². The summed E-state index contributed by atoms with van der Waals surface area (Å²) in [5, 5.41) is 0.751. The smallest absolute Gasteiger partial charge is 0.119 e. The SMILES string of the molecule is C[C@@H]1CCC[C@H](C)N1CCOc1ccc(Cl)cc1. The molecule has 1 fully saturated rings. The number of nitrogens with zero attached hydrogens (tertiary/aromatic N) is 1. The third-order valence-corrected chi connectivity index (χ3v) is 4.06. The molecule has 2 nitrogen and oxygen atoms in total. The summed E-state index contributed by atoms with van der Waals surface area (Å²) >= 11 is 5.84. The average molecular weight is 268 g/mol. The average Bonchev–Trinajstić information content (AvgIpc) is 2.35. The lowest BCUT2D eigenvalue weighted by atomic mass is 9.98. The first-order chi connectivity index (χ1) is 8.66. The molecule has 0 spiro atoms. The lowest BCUT2D eigenvalue weighted by molar-refractivity contribution is 0.0851. The Morgan fingerprint density at radius 1 is 1.17 bits per heavy atom. The second-order valence-electron chi connectivity index (χ2n) is 5.17. The number of piperidine rings is 1. The van der Waals surface area contributed by atoms with Crippen molar-refractivity contribution in [3.05, 3.63) is 29.3 Å². The maximum absolute atomic E-state index is 5.84. The van der Waals surface area contributed by atoms with Gasteiger partial charge in [0.05, 0.1) is 0 Å². The van der Waals surface area contributed by atoms with Gasteiger partial charge in [-0.25, -0.2) is 0 Å². The van der Waals surface area contributed by atoms with Crippen molar-refractivity contribution in [2.24, 2.45) is 0 Å². The molecule has 1 saturated heterocycles. The van der Waals surface area contributed by atoms with Crippen LogP contribution in [0.25, 0.3) is 0 Å². The van der Waals surface area contributed by atoms with Crippen molar-refractivity contribution in [2.75, 3.05) is 13.2 Å². The van der Waals surface area contributed by atoms with Crippen molar-refractivity contribution in [1.29, 1.82) is 0 Å². The first kappa shape index (κ1) is 13.7. The summed E-state index contributed by atoms with van der Waals surface area (Å²) < 4.78 is 5.76. The first-order valence-electron chi connectivity index (χ1n) is 6.81. The van der Waals surface area contributed by atoms with Gasteiger partial charge in [0, 0.05) is 23.7 Å². The molecule has 0 amide bonds. The van der Waals surface area contributed by atoms with Crippen molar-refractivity contribution in [3.8, 4) is 5.75 Å². The number of hydrogen-bond donors (Lipinski definition) is 0. The van der Waals surface area contributed by atoms with Crippen LogP contribution in [0.4, 0.5) is 0 Å². The van der Waals surface area contributed by atoms with Gasteiger partial charge < -0.3 is 4.74 Å². The highest BCUT2D eigenvalue weighted by Crippen LogP contribution is 2.22. The molecule has 1 aromatic rings. The Kier molecular flexibility index (Phi) is 4.90. The zero-order valence-corrected chi connectivity index (χ0v) is 12.0. The maximum atomic E-state index is 5.84. The van der Waals surface area contributed by atoms with Crippen molar-refractivity contribution in [1.82, 2.24) is 4.90 Å². The van der Waals surface area contributed by atoms with Gasteiger partial charge in [0.25, 0.3) is 0 Å². The van der Waals surface area contributed by atoms with Crippen LogP contribution < -0.4 is 4.74 Å². The monoisotopic (exact) mass is 267 g/mol. The minimum Gasteiger partial charge on any atom is -0.492 e. The highest BCUT2D eigenvalue weighted by Gasteiger charge is 2.23. The summed E-state index contributed by atoms with van der Waals surface area (Å²) in [7, 11) is 0. The van der Waals surface area contributed by atoms with E-state index in [1.807, 2.05) is 24.3 Å². The van der Waals surface area contributed by atoms with E-state index in [0.717, 1.165) is 23.9 Å². The van der Waals surface area contributed by atoms with Crippen LogP contribution in [0.2, 0.25) is 5.02 Å². The Labute approximate surface area is 115 Å². The van der Waals surface area contributed by atoms with Crippen LogP contribution in [0.3, 0.4) is 0 Å². The van der Waals surface area contributed by atoms with Gasteiger partial charge in [0.1, 0.15) is 12.4 Å². The summed E-state index contributed by atoms with van der Waals surface area (Å²) in [5.74, 6) is 0.900. The van der Waals surface area contributed by atoms with Gasteiger partial charge in [-0.3, -0.25) is 4.90 Å². The second-order valence-corrected chi connectivity index (χ2v) is 5.61. The van der Waals surface area contributed by atoms with Crippen LogP contribution in [-0.2, 0) is 0 Å². The predicted molar refractivity (Wildman–Crippen MR) is 76.4 cm³/mol. The fraction of sp³-hybridized carbons (Fsp3) is 0.600. The quantitative estimate of drug-likeness (QED) is 0.818. The minimum atomic E-state index is 0.683. The normalized spacial score (nSPS) is 25.1. The highest BCUT2D eigenvalue weighted by molar-refractivity contribution is 6.30. The molecule has 18 heavy (non-hydrogen) atoms. The zero-order valence-electron chi connectivity index (χ0n) is 11.2. The van der Waals surface area contributed by atoms with E-state index >= 15 is 0 Å². The van der Waals surface area contributed by atoms with Gasteiger partial charge in [-0.2, -0.15) is 0 Å². The van der Waals surface area contributed by atoms with E-state index in [2.05, 4.69) is 18.7 Å². The molecule has 1 aliphatic heterocycles. The number of rotatable bonds is 4. The molecule has 0 radical (unpaired) electrons. The summed E-state index contributed by atoms with van der Waals surface area (Å²) in [5.41, 5.74) is 0. The third-order valence-electron chi connectivity index (χ3n) is 3.81. The summed E-state index contributed by atoms with van der Waals surface area (Å²) in [6.45, 7) is 6.39. The van der Waals surface area contributed by atoms with Crippen molar-refractivity contribution in [3.63, 3.8) is 0 Å². The Morgan fingerprint density at radius 2 is 1.78 bits per heavy atom. The third kappa shape index (κ3) is 3.63. The lowest BCUT2D eigenvalue weighted by Crippen LogP contribution is -2.45. The van der Waals surface area contributed by atoms with Gasteiger partial charge in [0.2, 0.25) is 0 Å². The van der Waals surface area contributed by atoms with E-state index in [1.54, 1.807) is 0 Å². The predicted octanol–water partition coefficient (Wildman–Crippen LogP) is 3.98. The van der Waals surface area contributed by atoms with Gasteiger partial charge in [0.15, 0.2) is 0 Å². The van der Waals surface area contributed by atoms with Gasteiger partial charge in [-0.05, 0) is 51.0 Å². The molecule has 100 valence electrons. The summed E-state index contributed by atoms with van der Waals surface area (Å²) in [4.78, 5) is 2.55. The highest BCUT2D eigenvalue weighted by atomic mass is 35.5. The molecule has 1 heterocycles.